The van der Waals surface area contributed by atoms with E-state index in [-0.39, 0.29) is 0 Å². The van der Waals surface area contributed by atoms with Crippen molar-refractivity contribution in [3.05, 3.63) is 58.8 Å². The summed E-state index contributed by atoms with van der Waals surface area (Å²) < 4.78 is 56.1. The van der Waals surface area contributed by atoms with Crippen LogP contribution in [0.4, 0.5) is 17.6 Å². The zero-order valence-corrected chi connectivity index (χ0v) is 10.1. The number of hydrogen-bond acceptors (Lipinski definition) is 3. The van der Waals surface area contributed by atoms with Crippen molar-refractivity contribution in [3.63, 3.8) is 0 Å². The third kappa shape index (κ3) is 2.78. The van der Waals surface area contributed by atoms with Crippen molar-refractivity contribution in [2.75, 3.05) is 0 Å². The number of rotatable bonds is 3. The molecule has 110 valence electrons. The first-order valence-corrected chi connectivity index (χ1v) is 5.45. The Bertz CT molecular complexity index is 715. The maximum Gasteiger partial charge on any atom is 0.419 e. The van der Waals surface area contributed by atoms with Gasteiger partial charge < -0.3 is 9.52 Å². The van der Waals surface area contributed by atoms with Gasteiger partial charge in [0.1, 0.15) is 5.82 Å². The van der Waals surface area contributed by atoms with Gasteiger partial charge in [0.15, 0.2) is 5.76 Å². The van der Waals surface area contributed by atoms with Gasteiger partial charge in [-0.3, -0.25) is 4.79 Å². The number of hydrogen-bond donors (Lipinski definition) is 1. The van der Waals surface area contributed by atoms with E-state index in [0.717, 1.165) is 24.3 Å². The highest BCUT2D eigenvalue weighted by molar-refractivity contribution is 6.07. The monoisotopic (exact) mass is 302 g/mol. The predicted molar refractivity (Wildman–Crippen MR) is 60.5 cm³/mol. The normalized spacial score (nSPS) is 11.4. The molecule has 0 amide bonds. The molecule has 1 aromatic carbocycles. The summed E-state index contributed by atoms with van der Waals surface area (Å²) in [6, 6.07) is 4.12. The number of carbonyl (C=O) groups excluding carboxylic acids is 1. The number of carboxylic acid groups (broad SMARTS) is 1. The molecule has 0 bridgehead atoms. The SMILES string of the molecule is O=C(O)c1ccc(C(=O)c2cccc(C(F)(F)F)c2F)o1. The van der Waals surface area contributed by atoms with E-state index in [1.54, 1.807) is 0 Å². The molecule has 8 heteroatoms. The maximum atomic E-state index is 13.8. The largest absolute Gasteiger partial charge is 0.475 e. The molecule has 0 unspecified atom stereocenters. The van der Waals surface area contributed by atoms with Crippen molar-refractivity contribution in [2.24, 2.45) is 0 Å². The van der Waals surface area contributed by atoms with Crippen molar-refractivity contribution < 1.29 is 36.7 Å². The summed E-state index contributed by atoms with van der Waals surface area (Å²) in [5.41, 5.74) is -2.44. The quantitative estimate of drug-likeness (QED) is 0.697. The molecule has 1 N–H and O–H groups in total. The topological polar surface area (TPSA) is 67.5 Å². The molecular weight excluding hydrogens is 296 g/mol. The van der Waals surface area contributed by atoms with Crippen LogP contribution in [-0.2, 0) is 6.18 Å². The molecule has 0 aliphatic heterocycles. The van der Waals surface area contributed by atoms with Gasteiger partial charge in [-0.2, -0.15) is 13.2 Å². The highest BCUT2D eigenvalue weighted by Crippen LogP contribution is 2.33. The van der Waals surface area contributed by atoms with E-state index in [4.69, 9.17) is 5.11 Å². The van der Waals surface area contributed by atoms with Gasteiger partial charge in [0, 0.05) is 0 Å². The fourth-order valence-electron chi connectivity index (χ4n) is 1.63. The average molecular weight is 302 g/mol. The lowest BCUT2D eigenvalue weighted by Crippen LogP contribution is -2.12. The van der Waals surface area contributed by atoms with Gasteiger partial charge in [0.2, 0.25) is 11.5 Å². The van der Waals surface area contributed by atoms with Crippen LogP contribution in [0.15, 0.2) is 34.7 Å². The minimum Gasteiger partial charge on any atom is -0.475 e. The molecule has 0 aliphatic carbocycles. The van der Waals surface area contributed by atoms with Crippen molar-refractivity contribution in [1.82, 2.24) is 0 Å². The van der Waals surface area contributed by atoms with Crippen LogP contribution in [0.1, 0.15) is 32.2 Å². The number of ketones is 1. The van der Waals surface area contributed by atoms with Gasteiger partial charge in [-0.25, -0.2) is 9.18 Å². The second-order valence-electron chi connectivity index (χ2n) is 3.96. The molecule has 0 radical (unpaired) electrons. The molecule has 0 saturated heterocycles. The number of furan rings is 1. The van der Waals surface area contributed by atoms with Crippen LogP contribution in [0.2, 0.25) is 0 Å². The molecular formula is C13H6F4O4. The van der Waals surface area contributed by atoms with Crippen LogP contribution in [0.3, 0.4) is 0 Å². The lowest BCUT2D eigenvalue weighted by Gasteiger charge is -2.09. The van der Waals surface area contributed by atoms with Gasteiger partial charge >= 0.3 is 12.1 Å². The standard InChI is InChI=1S/C13H6F4O4/c14-10-6(2-1-3-7(10)13(15,16)17)11(18)8-4-5-9(21-8)12(19)20/h1-5H,(H,19,20). The molecule has 1 aromatic heterocycles. The number of carbonyl (C=O) groups is 2. The Morgan fingerprint density at radius 3 is 2.19 bits per heavy atom. The number of aromatic carboxylic acids is 1. The Morgan fingerprint density at radius 1 is 1.05 bits per heavy atom. The van der Waals surface area contributed by atoms with Crippen LogP contribution in [0.5, 0.6) is 0 Å². The molecule has 1 heterocycles. The minimum atomic E-state index is -4.95. The van der Waals surface area contributed by atoms with E-state index in [2.05, 4.69) is 4.42 Å². The van der Waals surface area contributed by atoms with Gasteiger partial charge in [-0.05, 0) is 24.3 Å². The number of alkyl halides is 3. The Balaban J connectivity index is 2.46. The highest BCUT2D eigenvalue weighted by atomic mass is 19.4. The van der Waals surface area contributed by atoms with Crippen LogP contribution < -0.4 is 0 Å². The summed E-state index contributed by atoms with van der Waals surface area (Å²) in [4.78, 5) is 22.5. The minimum absolute atomic E-state index is 0.497. The molecule has 0 saturated carbocycles. The van der Waals surface area contributed by atoms with E-state index >= 15 is 0 Å². The Hall–Kier alpha value is -2.64. The van der Waals surface area contributed by atoms with Crippen molar-refractivity contribution in [2.45, 2.75) is 6.18 Å². The van der Waals surface area contributed by atoms with E-state index in [1.165, 1.54) is 0 Å². The first kappa shape index (κ1) is 14.8. The van der Waals surface area contributed by atoms with Gasteiger partial charge in [-0.15, -0.1) is 0 Å². The van der Waals surface area contributed by atoms with Gasteiger partial charge in [0.25, 0.3) is 0 Å². The molecule has 0 aliphatic rings. The summed E-state index contributed by atoms with van der Waals surface area (Å²) in [6.45, 7) is 0. The zero-order valence-electron chi connectivity index (χ0n) is 10.1. The van der Waals surface area contributed by atoms with Crippen LogP contribution in [0.25, 0.3) is 0 Å². The molecule has 4 nitrogen and oxygen atoms in total. The highest BCUT2D eigenvalue weighted by Gasteiger charge is 2.36. The number of halogens is 4. The summed E-state index contributed by atoms with van der Waals surface area (Å²) in [5.74, 6) is -5.51. The van der Waals surface area contributed by atoms with E-state index in [0.29, 0.717) is 6.07 Å². The molecule has 0 atom stereocenters. The Morgan fingerprint density at radius 2 is 1.67 bits per heavy atom. The molecule has 2 aromatic rings. The Labute approximate surface area is 114 Å². The molecule has 0 fully saturated rings. The summed E-state index contributed by atoms with van der Waals surface area (Å²) >= 11 is 0. The van der Waals surface area contributed by atoms with Gasteiger partial charge in [-0.1, -0.05) is 6.07 Å². The molecule has 21 heavy (non-hydrogen) atoms. The third-order valence-electron chi connectivity index (χ3n) is 2.59. The number of carboxylic acids is 1. The van der Waals surface area contributed by atoms with E-state index in [1.807, 2.05) is 0 Å². The predicted octanol–water partition coefficient (Wildman–Crippen LogP) is 3.37. The molecule has 0 spiro atoms. The lowest BCUT2D eigenvalue weighted by molar-refractivity contribution is -0.140. The van der Waals surface area contributed by atoms with Gasteiger partial charge in [0.05, 0.1) is 11.1 Å². The first-order valence-electron chi connectivity index (χ1n) is 5.45. The average Bonchev–Trinajstić information content (AvgIpc) is 2.86. The summed E-state index contributed by atoms with van der Waals surface area (Å²) in [6.07, 6.45) is -4.95. The fourth-order valence-corrected chi connectivity index (χ4v) is 1.63. The van der Waals surface area contributed by atoms with Crippen LogP contribution in [0, 0.1) is 5.82 Å². The zero-order chi connectivity index (χ0) is 15.8. The van der Waals surface area contributed by atoms with Crippen molar-refractivity contribution in [1.29, 1.82) is 0 Å². The van der Waals surface area contributed by atoms with Crippen molar-refractivity contribution >= 4 is 11.8 Å². The second-order valence-corrected chi connectivity index (χ2v) is 3.96. The third-order valence-corrected chi connectivity index (χ3v) is 2.59. The molecule has 2 rings (SSSR count). The van der Waals surface area contributed by atoms with E-state index in [9.17, 15) is 27.2 Å². The van der Waals surface area contributed by atoms with Crippen molar-refractivity contribution in [3.8, 4) is 0 Å². The smallest absolute Gasteiger partial charge is 0.419 e. The summed E-state index contributed by atoms with van der Waals surface area (Å²) in [5, 5.41) is 8.63. The summed E-state index contributed by atoms with van der Waals surface area (Å²) in [7, 11) is 0. The van der Waals surface area contributed by atoms with E-state index < -0.39 is 46.4 Å². The second kappa shape index (κ2) is 5.04. The lowest BCUT2D eigenvalue weighted by atomic mass is 10.0. The number of benzene rings is 1. The first-order chi connectivity index (χ1) is 9.71. The fraction of sp³-hybridized carbons (Fsp3) is 0.0769. The van der Waals surface area contributed by atoms with Crippen LogP contribution in [-0.4, -0.2) is 16.9 Å². The Kier molecular flexibility index (Phi) is 3.54. The van der Waals surface area contributed by atoms with Crippen LogP contribution >= 0.6 is 0 Å². The maximum absolute atomic E-state index is 13.8.